The molecule has 8 heteroatoms. The molecule has 0 aromatic heterocycles. The van der Waals surface area contributed by atoms with Gasteiger partial charge in [0, 0.05) is 31.2 Å². The summed E-state index contributed by atoms with van der Waals surface area (Å²) in [7, 11) is 4.27. The van der Waals surface area contributed by atoms with Crippen LogP contribution < -0.4 is 0 Å². The van der Waals surface area contributed by atoms with E-state index in [1.165, 1.54) is 161 Å². The Labute approximate surface area is 409 Å². The molecule has 0 spiro atoms. The zero-order chi connectivity index (χ0) is 47.9. The molecule has 0 heterocycles. The number of nitrogens with zero attached hydrogens (tertiary/aromatic N) is 2. The van der Waals surface area contributed by atoms with E-state index in [1.54, 1.807) is 0 Å². The summed E-state index contributed by atoms with van der Waals surface area (Å²) in [6.07, 6.45) is 48.1. The third-order valence-electron chi connectivity index (χ3n) is 13.6. The van der Waals surface area contributed by atoms with E-state index >= 15 is 0 Å². The van der Waals surface area contributed by atoms with Crippen LogP contribution in [0.15, 0.2) is 0 Å². The zero-order valence-electron chi connectivity index (χ0n) is 44.9. The first-order chi connectivity index (χ1) is 31.7. The summed E-state index contributed by atoms with van der Waals surface area (Å²) < 4.78 is 25.1. The van der Waals surface area contributed by atoms with Gasteiger partial charge in [0.1, 0.15) is 6.10 Å². The minimum Gasteiger partial charge on any atom is -0.462 e. The number of unbranched alkanes of at least 4 members (excludes halogenated alkanes) is 26. The van der Waals surface area contributed by atoms with E-state index in [0.29, 0.717) is 30.5 Å². The summed E-state index contributed by atoms with van der Waals surface area (Å²) in [5, 5.41) is 0. The van der Waals surface area contributed by atoms with Gasteiger partial charge in [-0.1, -0.05) is 214 Å². The van der Waals surface area contributed by atoms with Crippen LogP contribution >= 0.6 is 0 Å². The van der Waals surface area contributed by atoms with Gasteiger partial charge in [0.2, 0.25) is 5.91 Å². The van der Waals surface area contributed by atoms with Crippen LogP contribution in [-0.2, 0) is 29.6 Å². The monoisotopic (exact) mass is 939 g/mol. The molecule has 2 atom stereocenters. The maximum absolute atomic E-state index is 13.9. The Morgan fingerprint density at radius 2 is 0.785 bits per heavy atom. The highest BCUT2D eigenvalue weighted by atomic mass is 32.2. The van der Waals surface area contributed by atoms with Crippen molar-refractivity contribution in [2.75, 3.05) is 32.9 Å². The largest absolute Gasteiger partial charge is 0.462 e. The van der Waals surface area contributed by atoms with Crippen LogP contribution in [0, 0.1) is 0 Å². The Bertz CT molecular complexity index is 961. The molecule has 0 aromatic carbocycles. The van der Waals surface area contributed by atoms with Gasteiger partial charge >= 0.3 is 5.97 Å². The minimum atomic E-state index is -1.17. The summed E-state index contributed by atoms with van der Waals surface area (Å²) in [6, 6.07) is 0.323. The average Bonchev–Trinajstić information content (AvgIpc) is 3.28. The molecule has 0 N–H and O–H groups in total. The highest BCUT2D eigenvalue weighted by molar-refractivity contribution is 7.80. The van der Waals surface area contributed by atoms with Gasteiger partial charge in [-0.05, 0) is 97.7 Å². The Balaban J connectivity index is 5.04. The fraction of sp³-hybridized carbons (Fsp3) is 0.965. The van der Waals surface area contributed by atoms with Crippen LogP contribution in [0.4, 0.5) is 0 Å². The van der Waals surface area contributed by atoms with Gasteiger partial charge in [0.25, 0.3) is 0 Å². The van der Waals surface area contributed by atoms with Gasteiger partial charge < -0.3 is 14.5 Å². The number of amides is 1. The first kappa shape index (κ1) is 64.0. The van der Waals surface area contributed by atoms with Crippen LogP contribution in [0.1, 0.15) is 304 Å². The predicted octanol–water partition coefficient (Wildman–Crippen LogP) is 17.2. The lowest BCUT2D eigenvalue weighted by Crippen LogP contribution is -2.41. The van der Waals surface area contributed by atoms with Gasteiger partial charge in [-0.3, -0.25) is 13.8 Å². The molecule has 0 aliphatic rings. The Kier molecular flexibility index (Phi) is 48.7. The summed E-state index contributed by atoms with van der Waals surface area (Å²) in [4.78, 5) is 31.3. The van der Waals surface area contributed by atoms with E-state index < -0.39 is 11.1 Å². The van der Waals surface area contributed by atoms with Crippen molar-refractivity contribution in [1.29, 1.82) is 0 Å². The molecule has 1 amide bonds. The fourth-order valence-corrected chi connectivity index (χ4v) is 10.4. The van der Waals surface area contributed by atoms with Crippen molar-refractivity contribution < 1.29 is 22.7 Å². The van der Waals surface area contributed by atoms with Crippen LogP contribution in [0.25, 0.3) is 0 Å². The van der Waals surface area contributed by atoms with Gasteiger partial charge in [-0.15, -0.1) is 0 Å². The lowest BCUT2D eigenvalue weighted by molar-refractivity contribution is -0.150. The summed E-state index contributed by atoms with van der Waals surface area (Å²) in [6.45, 7) is 13.1. The molecule has 0 fully saturated rings. The molecule has 0 aromatic rings. The van der Waals surface area contributed by atoms with Crippen LogP contribution in [0.2, 0.25) is 0 Å². The lowest BCUT2D eigenvalue weighted by atomic mass is 9.97. The normalized spacial score (nSPS) is 12.8. The van der Waals surface area contributed by atoms with Crippen molar-refractivity contribution in [3.8, 4) is 0 Å². The van der Waals surface area contributed by atoms with Crippen LogP contribution in [-0.4, -0.2) is 77.1 Å². The van der Waals surface area contributed by atoms with Crippen molar-refractivity contribution in [2.45, 2.75) is 323 Å². The summed E-state index contributed by atoms with van der Waals surface area (Å²) >= 11 is -1.17. The second-order valence-corrected chi connectivity index (χ2v) is 21.6. The van der Waals surface area contributed by atoms with Gasteiger partial charge in [-0.25, -0.2) is 4.21 Å². The molecule has 65 heavy (non-hydrogen) atoms. The molecule has 0 saturated heterocycles. The Hall–Kier alpha value is -0.990. The second-order valence-electron chi connectivity index (χ2n) is 20.4. The summed E-state index contributed by atoms with van der Waals surface area (Å²) in [5.41, 5.74) is 0. The molecular formula is C57H114N2O5S. The second kappa shape index (κ2) is 49.4. The predicted molar refractivity (Wildman–Crippen MR) is 284 cm³/mol. The topological polar surface area (TPSA) is 76.2 Å². The maximum atomic E-state index is 13.9. The Morgan fingerprint density at radius 3 is 1.25 bits per heavy atom. The fourth-order valence-electron chi connectivity index (χ4n) is 9.35. The SMILES string of the molecule is CCCCCCCC(=O)N(CCCN(C)C)C(CCCCCCCCC(=O)OC(CCCCCC)CCCCCC)CCCCCCCCS(=O)OC(CCCCCC)CCCCCC. The molecule has 0 aliphatic heterocycles. The molecule has 0 bridgehead atoms. The molecule has 0 rings (SSSR count). The summed E-state index contributed by atoms with van der Waals surface area (Å²) in [5.74, 6) is 1.05. The van der Waals surface area contributed by atoms with Crippen molar-refractivity contribution in [2.24, 2.45) is 0 Å². The highest BCUT2D eigenvalue weighted by Gasteiger charge is 2.23. The number of rotatable bonds is 52. The third-order valence-corrected chi connectivity index (χ3v) is 14.7. The highest BCUT2D eigenvalue weighted by Crippen LogP contribution is 2.23. The number of ether oxygens (including phenoxy) is 1. The minimum absolute atomic E-state index is 0.0135. The number of carbonyl (C=O) groups is 2. The van der Waals surface area contributed by atoms with E-state index in [9.17, 15) is 13.8 Å². The van der Waals surface area contributed by atoms with Crippen molar-refractivity contribution in [3.05, 3.63) is 0 Å². The molecule has 2 unspecified atom stereocenters. The number of carbonyl (C=O) groups excluding carboxylic acids is 2. The van der Waals surface area contributed by atoms with Crippen molar-refractivity contribution >= 4 is 23.0 Å². The van der Waals surface area contributed by atoms with Crippen LogP contribution in [0.3, 0.4) is 0 Å². The first-order valence-corrected chi connectivity index (χ1v) is 30.2. The number of hydrogen-bond donors (Lipinski definition) is 0. The smallest absolute Gasteiger partial charge is 0.306 e. The molecule has 388 valence electrons. The van der Waals surface area contributed by atoms with Crippen LogP contribution in [0.5, 0.6) is 0 Å². The number of hydrogen-bond acceptors (Lipinski definition) is 6. The molecule has 0 saturated carbocycles. The standard InChI is InChI=1S/C57H114N2O5S/c1-8-13-18-27-38-48-56(60)59(51-41-50-58(6)7)53(42-32-28-23-24-30-39-49-57(61)63-54(44-34-19-14-9-2)45-35-20-15-10-3)43-33-29-25-26-31-40-52-65(62)64-55(46-36-21-16-11-4)47-37-22-17-12-5/h53-55H,8-52H2,1-7H3. The van der Waals surface area contributed by atoms with E-state index in [4.69, 9.17) is 8.92 Å². The first-order valence-electron chi connectivity index (χ1n) is 28.9. The molecular weight excluding hydrogens is 825 g/mol. The van der Waals surface area contributed by atoms with Crippen molar-refractivity contribution in [1.82, 2.24) is 9.80 Å². The third kappa shape index (κ3) is 42.8. The maximum Gasteiger partial charge on any atom is 0.306 e. The molecule has 0 radical (unpaired) electrons. The Morgan fingerprint density at radius 1 is 0.415 bits per heavy atom. The van der Waals surface area contributed by atoms with E-state index in [-0.39, 0.29) is 18.2 Å². The quantitative estimate of drug-likeness (QED) is 0.0447. The van der Waals surface area contributed by atoms with Gasteiger partial charge in [0.05, 0.1) is 6.10 Å². The molecule has 0 aliphatic carbocycles. The number of esters is 1. The van der Waals surface area contributed by atoms with E-state index in [0.717, 1.165) is 109 Å². The average molecular weight is 940 g/mol. The zero-order valence-corrected chi connectivity index (χ0v) is 45.7. The van der Waals surface area contributed by atoms with Crippen molar-refractivity contribution in [3.63, 3.8) is 0 Å². The van der Waals surface area contributed by atoms with Gasteiger partial charge in [-0.2, -0.15) is 0 Å². The van der Waals surface area contributed by atoms with E-state index in [2.05, 4.69) is 58.5 Å². The van der Waals surface area contributed by atoms with Gasteiger partial charge in [0.15, 0.2) is 11.1 Å². The molecule has 7 nitrogen and oxygen atoms in total. The van der Waals surface area contributed by atoms with E-state index in [1.807, 2.05) is 0 Å². The lowest BCUT2D eigenvalue weighted by Gasteiger charge is -2.33.